The van der Waals surface area contributed by atoms with E-state index in [0.29, 0.717) is 5.02 Å². The Balaban J connectivity index is 2.15. The van der Waals surface area contributed by atoms with Crippen LogP contribution in [0, 0.1) is 6.92 Å². The summed E-state index contributed by atoms with van der Waals surface area (Å²) in [5.41, 5.74) is 5.12. The van der Waals surface area contributed by atoms with Crippen molar-refractivity contribution in [3.05, 3.63) is 75.6 Å². The molecule has 0 radical (unpaired) electrons. The third-order valence-electron chi connectivity index (χ3n) is 4.09. The van der Waals surface area contributed by atoms with Gasteiger partial charge in [0, 0.05) is 21.0 Å². The Labute approximate surface area is 154 Å². The van der Waals surface area contributed by atoms with Crippen molar-refractivity contribution < 1.29 is 0 Å². The molecule has 0 fully saturated rings. The van der Waals surface area contributed by atoms with E-state index >= 15 is 0 Å². The first kappa shape index (κ1) is 15.6. The maximum Gasteiger partial charge on any atom is 0.0844 e. The summed E-state index contributed by atoms with van der Waals surface area (Å²) < 4.78 is 0. The second-order valence-electron chi connectivity index (χ2n) is 5.58. The quantitative estimate of drug-likeness (QED) is 0.362. The van der Waals surface area contributed by atoms with Gasteiger partial charge in [0.1, 0.15) is 0 Å². The first-order valence-corrected chi connectivity index (χ1v) is 9.17. The molecular weight excluding hydrogens is 357 g/mol. The van der Waals surface area contributed by atoms with Crippen LogP contribution in [0.25, 0.3) is 32.6 Å². The van der Waals surface area contributed by atoms with Gasteiger partial charge in [0.2, 0.25) is 0 Å². The van der Waals surface area contributed by atoms with Crippen LogP contribution >= 0.6 is 34.5 Å². The molecule has 0 N–H and O–H groups in total. The molecule has 0 aliphatic rings. The van der Waals surface area contributed by atoms with Crippen molar-refractivity contribution in [1.29, 1.82) is 0 Å². The fourth-order valence-corrected chi connectivity index (χ4v) is 4.17. The molecule has 0 amide bonds. The minimum absolute atomic E-state index is 0.695. The highest BCUT2D eigenvalue weighted by Gasteiger charge is 2.17. The highest BCUT2D eigenvalue weighted by Crippen LogP contribution is 2.40. The first-order chi connectivity index (χ1) is 11.6. The second kappa shape index (κ2) is 6.21. The molecule has 0 atom stereocenters. The van der Waals surface area contributed by atoms with Gasteiger partial charge >= 0.3 is 0 Å². The smallest absolute Gasteiger partial charge is 0.0844 e. The van der Waals surface area contributed by atoms with Gasteiger partial charge < -0.3 is 0 Å². The summed E-state index contributed by atoms with van der Waals surface area (Å²) in [6.45, 7) is 2.10. The molecule has 4 aromatic rings. The number of aromatic nitrogens is 1. The number of thiophene rings is 1. The van der Waals surface area contributed by atoms with Crippen molar-refractivity contribution in [3.8, 4) is 21.7 Å². The van der Waals surface area contributed by atoms with Gasteiger partial charge in [-0.05, 0) is 53.8 Å². The predicted molar refractivity (Wildman–Crippen MR) is 105 cm³/mol. The minimum atomic E-state index is 0.695. The summed E-state index contributed by atoms with van der Waals surface area (Å²) in [4.78, 5) is 6.03. The van der Waals surface area contributed by atoms with E-state index in [2.05, 4.69) is 18.4 Å². The molecule has 0 spiro atoms. The zero-order valence-electron chi connectivity index (χ0n) is 12.9. The Bertz CT molecular complexity index is 1040. The monoisotopic (exact) mass is 369 g/mol. The Morgan fingerprint density at radius 1 is 0.958 bits per heavy atom. The summed E-state index contributed by atoms with van der Waals surface area (Å²) in [5, 5.41) is 4.51. The number of fused-ring (bicyclic) bond motifs is 1. The van der Waals surface area contributed by atoms with E-state index < -0.39 is 0 Å². The number of hydrogen-bond acceptors (Lipinski definition) is 2. The number of rotatable bonds is 2. The lowest BCUT2D eigenvalue weighted by atomic mass is 9.94. The predicted octanol–water partition coefficient (Wildman–Crippen LogP) is 7.25. The van der Waals surface area contributed by atoms with Crippen molar-refractivity contribution in [2.24, 2.45) is 0 Å². The standard InChI is InChI=1S/C20H13Cl2NS/c1-12-19(14-5-2-3-6-16(14)22)15-11-13(21)8-9-17(15)23-20(12)18-7-4-10-24-18/h2-11H,1H3. The number of nitrogens with zero attached hydrogens (tertiary/aromatic N) is 1. The van der Waals surface area contributed by atoms with Gasteiger partial charge in [0.25, 0.3) is 0 Å². The van der Waals surface area contributed by atoms with E-state index in [1.54, 1.807) is 11.3 Å². The molecular formula is C20H13Cl2NS. The lowest BCUT2D eigenvalue weighted by Gasteiger charge is -2.15. The Morgan fingerprint density at radius 2 is 1.79 bits per heavy atom. The van der Waals surface area contributed by atoms with Crippen LogP contribution in [-0.2, 0) is 0 Å². The molecule has 4 heteroatoms. The van der Waals surface area contributed by atoms with Crippen LogP contribution in [0.3, 0.4) is 0 Å². The topological polar surface area (TPSA) is 12.9 Å². The summed E-state index contributed by atoms with van der Waals surface area (Å²) >= 11 is 14.4. The average molecular weight is 370 g/mol. The maximum absolute atomic E-state index is 6.50. The van der Waals surface area contributed by atoms with Crippen LogP contribution < -0.4 is 0 Å². The highest BCUT2D eigenvalue weighted by molar-refractivity contribution is 7.13. The third-order valence-corrected chi connectivity index (χ3v) is 5.53. The van der Waals surface area contributed by atoms with Crippen molar-refractivity contribution >= 4 is 45.4 Å². The molecule has 118 valence electrons. The lowest BCUT2D eigenvalue weighted by molar-refractivity contribution is 1.34. The SMILES string of the molecule is Cc1c(-c2cccs2)nc2ccc(Cl)cc2c1-c1ccccc1Cl. The van der Waals surface area contributed by atoms with Crippen LogP contribution in [0.2, 0.25) is 10.0 Å². The Morgan fingerprint density at radius 3 is 2.54 bits per heavy atom. The van der Waals surface area contributed by atoms with Crippen LogP contribution in [0.15, 0.2) is 60.0 Å². The molecule has 0 saturated heterocycles. The molecule has 0 unspecified atom stereocenters. The van der Waals surface area contributed by atoms with Crippen molar-refractivity contribution in [1.82, 2.24) is 4.98 Å². The van der Waals surface area contributed by atoms with E-state index in [4.69, 9.17) is 28.2 Å². The molecule has 2 aromatic carbocycles. The zero-order valence-corrected chi connectivity index (χ0v) is 15.2. The number of hydrogen-bond donors (Lipinski definition) is 0. The molecule has 0 aliphatic heterocycles. The normalized spacial score (nSPS) is 11.1. The Hall–Kier alpha value is -1.87. The van der Waals surface area contributed by atoms with E-state index in [0.717, 1.165) is 43.2 Å². The van der Waals surface area contributed by atoms with E-state index in [-0.39, 0.29) is 0 Å². The highest BCUT2D eigenvalue weighted by atomic mass is 35.5. The van der Waals surface area contributed by atoms with Gasteiger partial charge in [0.15, 0.2) is 0 Å². The summed E-state index contributed by atoms with van der Waals surface area (Å²) in [5.74, 6) is 0. The van der Waals surface area contributed by atoms with Crippen molar-refractivity contribution in [2.45, 2.75) is 6.92 Å². The van der Waals surface area contributed by atoms with Crippen LogP contribution in [0.1, 0.15) is 5.56 Å². The van der Waals surface area contributed by atoms with Gasteiger partial charge in [-0.2, -0.15) is 0 Å². The molecule has 0 saturated carbocycles. The number of benzene rings is 2. The maximum atomic E-state index is 6.50. The van der Waals surface area contributed by atoms with Gasteiger partial charge in [-0.3, -0.25) is 0 Å². The Kier molecular flexibility index (Phi) is 4.05. The largest absolute Gasteiger partial charge is 0.247 e. The van der Waals surface area contributed by atoms with Gasteiger partial charge in [0.05, 0.1) is 16.1 Å². The molecule has 4 rings (SSSR count). The molecule has 24 heavy (non-hydrogen) atoms. The van der Waals surface area contributed by atoms with E-state index in [9.17, 15) is 0 Å². The van der Waals surface area contributed by atoms with Crippen LogP contribution in [0.5, 0.6) is 0 Å². The third kappa shape index (κ3) is 2.61. The first-order valence-electron chi connectivity index (χ1n) is 7.54. The van der Waals surface area contributed by atoms with Gasteiger partial charge in [-0.25, -0.2) is 4.98 Å². The number of halogens is 2. The van der Waals surface area contributed by atoms with Crippen molar-refractivity contribution in [3.63, 3.8) is 0 Å². The molecule has 2 heterocycles. The lowest BCUT2D eigenvalue weighted by Crippen LogP contribution is -1.95. The summed E-state index contributed by atoms with van der Waals surface area (Å²) in [6, 6.07) is 17.9. The van der Waals surface area contributed by atoms with Crippen molar-refractivity contribution in [2.75, 3.05) is 0 Å². The molecule has 0 aliphatic carbocycles. The zero-order chi connectivity index (χ0) is 16.7. The molecule has 0 bridgehead atoms. The molecule has 1 nitrogen and oxygen atoms in total. The average Bonchev–Trinajstić information content (AvgIpc) is 3.10. The van der Waals surface area contributed by atoms with E-state index in [1.165, 1.54) is 0 Å². The number of pyridine rings is 1. The van der Waals surface area contributed by atoms with Crippen LogP contribution in [-0.4, -0.2) is 4.98 Å². The summed E-state index contributed by atoms with van der Waals surface area (Å²) in [7, 11) is 0. The van der Waals surface area contributed by atoms with Gasteiger partial charge in [-0.15, -0.1) is 11.3 Å². The minimum Gasteiger partial charge on any atom is -0.247 e. The molecule has 2 aromatic heterocycles. The van der Waals surface area contributed by atoms with Gasteiger partial charge in [-0.1, -0.05) is 47.5 Å². The fourth-order valence-electron chi connectivity index (χ4n) is 2.99. The summed E-state index contributed by atoms with van der Waals surface area (Å²) in [6.07, 6.45) is 0. The van der Waals surface area contributed by atoms with E-state index in [1.807, 2.05) is 48.5 Å². The van der Waals surface area contributed by atoms with Crippen LogP contribution in [0.4, 0.5) is 0 Å². The second-order valence-corrected chi connectivity index (χ2v) is 7.37. The fraction of sp³-hybridized carbons (Fsp3) is 0.0500.